The topological polar surface area (TPSA) is 42.0 Å². The van der Waals surface area contributed by atoms with Crippen LogP contribution in [0, 0.1) is 0 Å². The average molecular weight is 415 g/mol. The Bertz CT molecular complexity index is 1160. The smallest absolute Gasteiger partial charge is 0.236 e. The van der Waals surface area contributed by atoms with Crippen molar-refractivity contribution in [3.63, 3.8) is 0 Å². The Morgan fingerprint density at radius 3 is 2.26 bits per heavy atom. The molecule has 1 aliphatic rings. The Hall–Kier alpha value is -2.98. The van der Waals surface area contributed by atoms with Gasteiger partial charge in [-0.1, -0.05) is 60.7 Å². The number of carbonyl (C=O) groups is 1. The maximum Gasteiger partial charge on any atom is 0.236 e. The molecule has 1 amide bonds. The Labute approximate surface area is 165 Å². The van der Waals surface area contributed by atoms with Crippen LogP contribution in [0.5, 0.6) is 0 Å². The number of nitrogens with one attached hydrogen (secondary N) is 1. The molecule has 0 saturated heterocycles. The number of pyridine rings is 1. The third-order valence-electron chi connectivity index (χ3n) is 5.03. The van der Waals surface area contributed by atoms with Crippen molar-refractivity contribution in [2.24, 2.45) is 0 Å². The highest BCUT2D eigenvalue weighted by Gasteiger charge is 2.33. The van der Waals surface area contributed by atoms with E-state index in [-0.39, 0.29) is 11.8 Å². The van der Waals surface area contributed by atoms with Gasteiger partial charge in [0.1, 0.15) is 0 Å². The fourth-order valence-corrected chi connectivity index (χ4v) is 4.23. The Morgan fingerprint density at radius 1 is 0.889 bits per heavy atom. The van der Waals surface area contributed by atoms with E-state index in [1.807, 2.05) is 60.7 Å². The van der Waals surface area contributed by atoms with Gasteiger partial charge in [0, 0.05) is 16.1 Å². The number of hydrogen-bond acceptors (Lipinski definition) is 2. The van der Waals surface area contributed by atoms with Crippen LogP contribution in [-0.4, -0.2) is 10.9 Å². The van der Waals surface area contributed by atoms with Gasteiger partial charge in [0.2, 0.25) is 5.91 Å². The summed E-state index contributed by atoms with van der Waals surface area (Å²) < 4.78 is 0.914. The molecule has 3 aromatic carbocycles. The lowest BCUT2D eigenvalue weighted by Gasteiger charge is -2.15. The van der Waals surface area contributed by atoms with Crippen molar-refractivity contribution < 1.29 is 4.79 Å². The molecule has 130 valence electrons. The van der Waals surface area contributed by atoms with E-state index in [9.17, 15) is 4.79 Å². The average Bonchev–Trinajstić information content (AvgIpc) is 3.02. The van der Waals surface area contributed by atoms with Crippen molar-refractivity contribution >= 4 is 38.4 Å². The lowest BCUT2D eigenvalue weighted by molar-refractivity contribution is -0.116. The second-order valence-electron chi connectivity index (χ2n) is 6.63. The van der Waals surface area contributed by atoms with Crippen LogP contribution in [0.1, 0.15) is 17.0 Å². The summed E-state index contributed by atoms with van der Waals surface area (Å²) in [6.07, 6.45) is 1.75. The van der Waals surface area contributed by atoms with E-state index in [1.165, 1.54) is 0 Å². The van der Waals surface area contributed by atoms with Gasteiger partial charge in [-0.25, -0.2) is 0 Å². The molecule has 27 heavy (non-hydrogen) atoms. The zero-order valence-electron chi connectivity index (χ0n) is 14.3. The first kappa shape index (κ1) is 16.2. The molecule has 0 unspecified atom stereocenters. The largest absolute Gasteiger partial charge is 0.323 e. The van der Waals surface area contributed by atoms with Crippen LogP contribution in [0.4, 0.5) is 5.69 Å². The molecule has 1 N–H and O–H groups in total. The van der Waals surface area contributed by atoms with Crippen LogP contribution in [-0.2, 0) is 4.79 Å². The van der Waals surface area contributed by atoms with Gasteiger partial charge in [0.25, 0.3) is 0 Å². The molecule has 0 spiro atoms. The highest BCUT2D eigenvalue weighted by atomic mass is 79.9. The Kier molecular flexibility index (Phi) is 3.80. The molecule has 3 nitrogen and oxygen atoms in total. The Balaban J connectivity index is 1.58. The number of amides is 1. The molecule has 4 aromatic rings. The number of hydrogen-bond donors (Lipinski definition) is 1. The lowest BCUT2D eigenvalue weighted by atomic mass is 9.96. The molecule has 0 radical (unpaired) electrons. The number of halogens is 1. The van der Waals surface area contributed by atoms with E-state index in [1.54, 1.807) is 6.20 Å². The fraction of sp³-hybridized carbons (Fsp3) is 0.0435. The van der Waals surface area contributed by atoms with Crippen LogP contribution < -0.4 is 5.32 Å². The van der Waals surface area contributed by atoms with E-state index in [2.05, 4.69) is 38.4 Å². The lowest BCUT2D eigenvalue weighted by Crippen LogP contribution is -2.20. The SMILES string of the molecule is O=C(Nc1cccc2cc(Br)cnc12)C1c2ccccc2-c2ccccc21. The van der Waals surface area contributed by atoms with Crippen molar-refractivity contribution in [2.45, 2.75) is 5.92 Å². The summed E-state index contributed by atoms with van der Waals surface area (Å²) in [7, 11) is 0. The van der Waals surface area contributed by atoms with Gasteiger partial charge >= 0.3 is 0 Å². The molecule has 0 fully saturated rings. The van der Waals surface area contributed by atoms with Gasteiger partial charge in [-0.2, -0.15) is 0 Å². The zero-order valence-corrected chi connectivity index (χ0v) is 15.9. The summed E-state index contributed by atoms with van der Waals surface area (Å²) in [6, 6.07) is 24.1. The maximum absolute atomic E-state index is 13.3. The number of fused-ring (bicyclic) bond motifs is 4. The third kappa shape index (κ3) is 2.64. The predicted octanol–water partition coefficient (Wildman–Crippen LogP) is 5.75. The van der Waals surface area contributed by atoms with Crippen molar-refractivity contribution in [1.29, 1.82) is 0 Å². The van der Waals surface area contributed by atoms with Crippen LogP contribution in [0.25, 0.3) is 22.0 Å². The minimum Gasteiger partial charge on any atom is -0.323 e. The summed E-state index contributed by atoms with van der Waals surface area (Å²) in [6.45, 7) is 0. The monoisotopic (exact) mass is 414 g/mol. The van der Waals surface area contributed by atoms with Crippen molar-refractivity contribution in [1.82, 2.24) is 4.98 Å². The van der Waals surface area contributed by atoms with Crippen LogP contribution in [0.2, 0.25) is 0 Å². The van der Waals surface area contributed by atoms with E-state index < -0.39 is 0 Å². The molecule has 0 aliphatic heterocycles. The van der Waals surface area contributed by atoms with Gasteiger partial charge in [0.15, 0.2) is 0 Å². The predicted molar refractivity (Wildman–Crippen MR) is 112 cm³/mol. The fourth-order valence-electron chi connectivity index (χ4n) is 3.88. The number of rotatable bonds is 2. The van der Waals surface area contributed by atoms with Crippen LogP contribution in [0.15, 0.2) is 83.5 Å². The summed E-state index contributed by atoms with van der Waals surface area (Å²) in [5.74, 6) is -0.354. The molecule has 1 aliphatic carbocycles. The second-order valence-corrected chi connectivity index (χ2v) is 7.54. The summed E-state index contributed by atoms with van der Waals surface area (Å²) in [5, 5.41) is 4.09. The minimum atomic E-state index is -0.317. The number of anilines is 1. The van der Waals surface area contributed by atoms with E-state index in [0.717, 1.165) is 43.3 Å². The molecule has 0 bridgehead atoms. The molecule has 1 heterocycles. The molecular weight excluding hydrogens is 400 g/mol. The molecular formula is C23H15BrN2O. The first-order chi connectivity index (χ1) is 13.2. The van der Waals surface area contributed by atoms with Gasteiger partial charge in [-0.3, -0.25) is 9.78 Å². The van der Waals surface area contributed by atoms with E-state index >= 15 is 0 Å². The normalized spacial score (nSPS) is 12.6. The number of nitrogens with zero attached hydrogens (tertiary/aromatic N) is 1. The van der Waals surface area contributed by atoms with E-state index in [4.69, 9.17) is 0 Å². The minimum absolute atomic E-state index is 0.0374. The van der Waals surface area contributed by atoms with Gasteiger partial charge < -0.3 is 5.32 Å². The second kappa shape index (κ2) is 6.32. The molecule has 0 saturated carbocycles. The first-order valence-electron chi connectivity index (χ1n) is 8.76. The van der Waals surface area contributed by atoms with Crippen molar-refractivity contribution in [2.75, 3.05) is 5.32 Å². The first-order valence-corrected chi connectivity index (χ1v) is 9.55. The van der Waals surface area contributed by atoms with Crippen LogP contribution >= 0.6 is 15.9 Å². The third-order valence-corrected chi connectivity index (χ3v) is 5.47. The van der Waals surface area contributed by atoms with Gasteiger partial charge in [-0.05, 0) is 50.3 Å². The number of para-hydroxylation sites is 1. The maximum atomic E-state index is 13.3. The highest BCUT2D eigenvalue weighted by molar-refractivity contribution is 9.10. The molecule has 0 atom stereocenters. The highest BCUT2D eigenvalue weighted by Crippen LogP contribution is 2.45. The van der Waals surface area contributed by atoms with Crippen LogP contribution in [0.3, 0.4) is 0 Å². The zero-order chi connectivity index (χ0) is 18.4. The molecule has 5 rings (SSSR count). The number of benzene rings is 3. The van der Waals surface area contributed by atoms with Crippen molar-refractivity contribution in [3.8, 4) is 11.1 Å². The Morgan fingerprint density at radius 2 is 1.56 bits per heavy atom. The standard InChI is InChI=1S/C23H15BrN2O/c24-15-12-14-6-5-11-20(22(14)25-13-15)26-23(27)21-18-9-3-1-7-16(18)17-8-2-4-10-19(17)21/h1-13,21H,(H,26,27). The summed E-state index contributed by atoms with van der Waals surface area (Å²) in [4.78, 5) is 17.8. The summed E-state index contributed by atoms with van der Waals surface area (Å²) in [5.41, 5.74) is 5.88. The van der Waals surface area contributed by atoms with Gasteiger partial charge in [0.05, 0.1) is 17.1 Å². The van der Waals surface area contributed by atoms with Crippen molar-refractivity contribution in [3.05, 3.63) is 94.6 Å². The quantitative estimate of drug-likeness (QED) is 0.453. The number of aromatic nitrogens is 1. The van der Waals surface area contributed by atoms with Gasteiger partial charge in [-0.15, -0.1) is 0 Å². The number of carbonyl (C=O) groups excluding carboxylic acids is 1. The van der Waals surface area contributed by atoms with E-state index in [0.29, 0.717) is 0 Å². The molecule has 4 heteroatoms. The summed E-state index contributed by atoms with van der Waals surface area (Å²) >= 11 is 3.45. The molecule has 1 aromatic heterocycles.